The van der Waals surface area contributed by atoms with E-state index in [0.717, 1.165) is 0 Å². The normalized spacial score (nSPS) is 13.6. The van der Waals surface area contributed by atoms with Gasteiger partial charge < -0.3 is 9.47 Å². The summed E-state index contributed by atoms with van der Waals surface area (Å²) in [6, 6.07) is 16.0. The second kappa shape index (κ2) is 8.28. The minimum Gasteiger partial charge on any atom is -0.448 e. The molecule has 0 radical (unpaired) electrons. The molecule has 4 nitrogen and oxygen atoms in total. The van der Waals surface area contributed by atoms with Crippen molar-refractivity contribution in [3.05, 3.63) is 59.7 Å². The maximum Gasteiger partial charge on any atom is 0.411 e. The number of methoxy groups -OCH3 is 1. The summed E-state index contributed by atoms with van der Waals surface area (Å²) in [7, 11) is 1.57. The van der Waals surface area contributed by atoms with Gasteiger partial charge in [0.2, 0.25) is 0 Å². The molecule has 0 spiro atoms. The Morgan fingerprint density at radius 3 is 2.15 bits per heavy atom. The first kappa shape index (κ1) is 19.0. The van der Waals surface area contributed by atoms with Crippen LogP contribution in [0.4, 0.5) is 4.79 Å². The van der Waals surface area contributed by atoms with Crippen LogP contribution in [0.3, 0.4) is 0 Å². The molecule has 0 aromatic heterocycles. The molecule has 4 heteroatoms. The third kappa shape index (κ3) is 3.70. The molecule has 1 aliphatic rings. The van der Waals surface area contributed by atoms with Crippen molar-refractivity contribution in [2.45, 2.75) is 31.8 Å². The summed E-state index contributed by atoms with van der Waals surface area (Å²) >= 11 is 0. The number of benzene rings is 2. The van der Waals surface area contributed by atoms with Gasteiger partial charge in [0.25, 0.3) is 0 Å². The van der Waals surface area contributed by atoms with E-state index in [-0.39, 0.29) is 25.2 Å². The quantitative estimate of drug-likeness (QED) is 0.719. The zero-order valence-electron chi connectivity index (χ0n) is 16.0. The van der Waals surface area contributed by atoms with E-state index in [0.29, 0.717) is 0 Å². The standard InChI is InChI=1S/C23H25NO3/c1-5-17(14-26-4)24(16(2)3)23(25)27-15-22-20-12-8-6-10-18(20)19-11-7-9-13-21(19)22/h1,6-13,16-17,22H,14-15H2,2-4H3. The Bertz CT molecular complexity index is 807. The fourth-order valence-electron chi connectivity index (χ4n) is 3.73. The lowest BCUT2D eigenvalue weighted by Gasteiger charge is -2.31. The topological polar surface area (TPSA) is 38.8 Å². The summed E-state index contributed by atoms with van der Waals surface area (Å²) in [5.41, 5.74) is 4.78. The molecule has 1 amide bonds. The van der Waals surface area contributed by atoms with Crippen LogP contribution in [0.5, 0.6) is 0 Å². The van der Waals surface area contributed by atoms with E-state index in [2.05, 4.69) is 30.2 Å². The summed E-state index contributed by atoms with van der Waals surface area (Å²) < 4.78 is 10.9. The second-order valence-corrected chi connectivity index (χ2v) is 6.94. The first-order valence-corrected chi connectivity index (χ1v) is 9.16. The molecule has 2 aromatic carbocycles. The molecule has 0 N–H and O–H groups in total. The number of fused-ring (bicyclic) bond motifs is 3. The van der Waals surface area contributed by atoms with E-state index < -0.39 is 12.1 Å². The lowest BCUT2D eigenvalue weighted by Crippen LogP contribution is -2.46. The van der Waals surface area contributed by atoms with Crippen LogP contribution in [-0.2, 0) is 9.47 Å². The van der Waals surface area contributed by atoms with Crippen molar-refractivity contribution in [2.75, 3.05) is 20.3 Å². The van der Waals surface area contributed by atoms with E-state index in [1.54, 1.807) is 12.0 Å². The second-order valence-electron chi connectivity index (χ2n) is 6.94. The Hall–Kier alpha value is -2.77. The fraction of sp³-hybridized carbons (Fsp3) is 0.348. The molecule has 140 valence electrons. The van der Waals surface area contributed by atoms with Crippen LogP contribution in [0.25, 0.3) is 11.1 Å². The maximum atomic E-state index is 12.8. The van der Waals surface area contributed by atoms with Crippen LogP contribution in [0.1, 0.15) is 30.9 Å². The predicted octanol–water partition coefficient (Wildman–Crippen LogP) is 4.29. The number of ether oxygens (including phenoxy) is 2. The average Bonchev–Trinajstić information content (AvgIpc) is 2.99. The zero-order valence-corrected chi connectivity index (χ0v) is 16.0. The van der Waals surface area contributed by atoms with Crippen molar-refractivity contribution >= 4 is 6.09 Å². The highest BCUT2D eigenvalue weighted by Crippen LogP contribution is 2.44. The molecule has 0 bridgehead atoms. The smallest absolute Gasteiger partial charge is 0.411 e. The highest BCUT2D eigenvalue weighted by Gasteiger charge is 2.31. The van der Waals surface area contributed by atoms with Crippen LogP contribution >= 0.6 is 0 Å². The van der Waals surface area contributed by atoms with Crippen molar-refractivity contribution in [1.29, 1.82) is 0 Å². The Labute approximate surface area is 161 Å². The monoisotopic (exact) mass is 363 g/mol. The molecule has 0 saturated heterocycles. The van der Waals surface area contributed by atoms with Crippen LogP contribution in [0.15, 0.2) is 48.5 Å². The molecule has 1 aliphatic carbocycles. The van der Waals surface area contributed by atoms with Crippen molar-refractivity contribution in [1.82, 2.24) is 4.90 Å². The van der Waals surface area contributed by atoms with Gasteiger partial charge in [-0.05, 0) is 36.1 Å². The maximum absolute atomic E-state index is 12.8. The van der Waals surface area contributed by atoms with E-state index in [1.807, 2.05) is 38.1 Å². The molecule has 0 fully saturated rings. The highest BCUT2D eigenvalue weighted by atomic mass is 16.6. The molecule has 27 heavy (non-hydrogen) atoms. The highest BCUT2D eigenvalue weighted by molar-refractivity contribution is 5.79. The zero-order chi connectivity index (χ0) is 19.4. The average molecular weight is 363 g/mol. The van der Waals surface area contributed by atoms with Gasteiger partial charge in [0.15, 0.2) is 0 Å². The van der Waals surface area contributed by atoms with Crippen LogP contribution in [0, 0.1) is 12.3 Å². The third-order valence-corrected chi connectivity index (χ3v) is 4.96. The Balaban J connectivity index is 1.80. The number of rotatable bonds is 6. The van der Waals surface area contributed by atoms with E-state index in [4.69, 9.17) is 15.9 Å². The Morgan fingerprint density at radius 1 is 1.11 bits per heavy atom. The summed E-state index contributed by atoms with van der Waals surface area (Å²) in [6.45, 7) is 4.39. The summed E-state index contributed by atoms with van der Waals surface area (Å²) in [5.74, 6) is 2.65. The molecule has 0 heterocycles. The fourth-order valence-corrected chi connectivity index (χ4v) is 3.73. The molecular formula is C23H25NO3. The number of nitrogens with zero attached hydrogens (tertiary/aromatic N) is 1. The van der Waals surface area contributed by atoms with Gasteiger partial charge in [0, 0.05) is 19.1 Å². The van der Waals surface area contributed by atoms with Crippen LogP contribution in [0.2, 0.25) is 0 Å². The van der Waals surface area contributed by atoms with Gasteiger partial charge in [-0.25, -0.2) is 4.79 Å². The number of amides is 1. The summed E-state index contributed by atoms with van der Waals surface area (Å²) in [6.07, 6.45) is 5.19. The molecule has 2 aromatic rings. The molecule has 1 atom stereocenters. The van der Waals surface area contributed by atoms with Gasteiger partial charge in [0.1, 0.15) is 12.6 Å². The molecular weight excluding hydrogens is 338 g/mol. The number of hydrogen-bond acceptors (Lipinski definition) is 3. The molecule has 0 aliphatic heterocycles. The van der Waals surface area contributed by atoms with Gasteiger partial charge in [-0.2, -0.15) is 0 Å². The van der Waals surface area contributed by atoms with Gasteiger partial charge in [-0.1, -0.05) is 54.5 Å². The minimum atomic E-state index is -0.453. The number of terminal acetylenes is 1. The lowest BCUT2D eigenvalue weighted by molar-refractivity contribution is 0.0588. The molecule has 3 rings (SSSR count). The molecule has 1 unspecified atom stereocenters. The third-order valence-electron chi connectivity index (χ3n) is 4.96. The van der Waals surface area contributed by atoms with Crippen molar-refractivity contribution in [3.8, 4) is 23.5 Å². The number of carbonyl (C=O) groups excluding carboxylic acids is 1. The summed E-state index contributed by atoms with van der Waals surface area (Å²) in [4.78, 5) is 14.4. The Kier molecular flexibility index (Phi) is 5.83. The van der Waals surface area contributed by atoms with Gasteiger partial charge in [0.05, 0.1) is 6.61 Å². The van der Waals surface area contributed by atoms with Crippen molar-refractivity contribution in [2.24, 2.45) is 0 Å². The largest absolute Gasteiger partial charge is 0.448 e. The van der Waals surface area contributed by atoms with Gasteiger partial charge in [-0.15, -0.1) is 6.42 Å². The predicted molar refractivity (Wildman–Crippen MR) is 107 cm³/mol. The molecule has 0 saturated carbocycles. The van der Waals surface area contributed by atoms with E-state index >= 15 is 0 Å². The SMILES string of the molecule is C#CC(COC)N(C(=O)OCC1c2ccccc2-c2ccccc21)C(C)C. The van der Waals surface area contributed by atoms with Gasteiger partial charge in [-0.3, -0.25) is 4.90 Å². The van der Waals surface area contributed by atoms with Crippen molar-refractivity contribution < 1.29 is 14.3 Å². The summed E-state index contributed by atoms with van der Waals surface area (Å²) in [5, 5.41) is 0. The van der Waals surface area contributed by atoms with Crippen molar-refractivity contribution in [3.63, 3.8) is 0 Å². The first-order chi connectivity index (χ1) is 13.1. The minimum absolute atomic E-state index is 0.0297. The van der Waals surface area contributed by atoms with Gasteiger partial charge >= 0.3 is 6.09 Å². The first-order valence-electron chi connectivity index (χ1n) is 9.16. The van der Waals surface area contributed by atoms with Crippen LogP contribution in [-0.4, -0.2) is 43.4 Å². The number of carbonyl (C=O) groups is 1. The number of hydrogen-bond donors (Lipinski definition) is 0. The Morgan fingerprint density at radius 2 is 1.67 bits per heavy atom. The lowest BCUT2D eigenvalue weighted by atomic mass is 9.98. The van der Waals surface area contributed by atoms with E-state index in [9.17, 15) is 4.79 Å². The van der Waals surface area contributed by atoms with E-state index in [1.165, 1.54) is 22.3 Å². The van der Waals surface area contributed by atoms with Crippen LogP contribution < -0.4 is 0 Å².